The van der Waals surface area contributed by atoms with E-state index in [0.717, 1.165) is 25.7 Å². The third-order valence-corrected chi connectivity index (χ3v) is 6.42. The monoisotopic (exact) mass is 410 g/mol. The first kappa shape index (κ1) is 22.4. The normalized spacial score (nSPS) is 16.1. The third kappa shape index (κ3) is 6.60. The largest absolute Gasteiger partial charge is 0.452 e. The molecule has 0 unspecified atom stereocenters. The Morgan fingerprint density at radius 1 is 1.11 bits per heavy atom. The summed E-state index contributed by atoms with van der Waals surface area (Å²) in [6.07, 6.45) is 7.71. The minimum atomic E-state index is -3.68. The molecule has 0 spiro atoms. The molecule has 0 aliphatic heterocycles. The molecule has 1 saturated carbocycles. The molecule has 7 nitrogen and oxygen atoms in total. The quantitative estimate of drug-likeness (QED) is 0.673. The van der Waals surface area contributed by atoms with Gasteiger partial charge in [-0.05, 0) is 37.5 Å². The molecule has 156 valence electrons. The summed E-state index contributed by atoms with van der Waals surface area (Å²) in [7, 11) is -3.68. The van der Waals surface area contributed by atoms with E-state index in [1.54, 1.807) is 19.9 Å². The number of ether oxygens (including phenoxy) is 1. The van der Waals surface area contributed by atoms with Crippen LogP contribution in [0.4, 0.5) is 0 Å². The Kier molecular flexibility index (Phi) is 8.44. The van der Waals surface area contributed by atoms with Crippen LogP contribution in [0.5, 0.6) is 0 Å². The van der Waals surface area contributed by atoms with Gasteiger partial charge in [0.05, 0.1) is 10.5 Å². The number of rotatable bonds is 7. The van der Waals surface area contributed by atoms with Crippen LogP contribution in [0.3, 0.4) is 0 Å². The zero-order valence-corrected chi connectivity index (χ0v) is 17.4. The number of aryl methyl sites for hydroxylation is 1. The summed E-state index contributed by atoms with van der Waals surface area (Å²) in [5, 5.41) is 2.94. The van der Waals surface area contributed by atoms with Gasteiger partial charge in [0.1, 0.15) is 0 Å². The van der Waals surface area contributed by atoms with Gasteiger partial charge in [0, 0.05) is 12.6 Å². The Hall–Kier alpha value is -1.93. The predicted octanol–water partition coefficient (Wildman–Crippen LogP) is 2.68. The van der Waals surface area contributed by atoms with Crippen LogP contribution < -0.4 is 10.0 Å². The number of sulfonamides is 1. The maximum Gasteiger partial charge on any atom is 0.338 e. The lowest BCUT2D eigenvalue weighted by Crippen LogP contribution is -2.38. The zero-order chi connectivity index (χ0) is 20.6. The van der Waals surface area contributed by atoms with Crippen LogP contribution in [-0.2, 0) is 19.6 Å². The lowest BCUT2D eigenvalue weighted by Gasteiger charge is -2.21. The molecule has 1 fully saturated rings. The van der Waals surface area contributed by atoms with Crippen molar-refractivity contribution in [2.45, 2.75) is 69.7 Å². The van der Waals surface area contributed by atoms with Gasteiger partial charge in [-0.1, -0.05) is 45.1 Å². The van der Waals surface area contributed by atoms with E-state index in [4.69, 9.17) is 4.74 Å². The highest BCUT2D eigenvalue weighted by Gasteiger charge is 2.20. The molecule has 0 saturated heterocycles. The number of amides is 1. The van der Waals surface area contributed by atoms with Crippen LogP contribution in [0.1, 0.15) is 67.8 Å². The molecule has 8 heteroatoms. The summed E-state index contributed by atoms with van der Waals surface area (Å²) in [5.41, 5.74) is 0.721. The Balaban J connectivity index is 1.95. The Morgan fingerprint density at radius 3 is 2.39 bits per heavy atom. The average Bonchev–Trinajstić information content (AvgIpc) is 2.62. The van der Waals surface area contributed by atoms with Gasteiger partial charge >= 0.3 is 5.97 Å². The van der Waals surface area contributed by atoms with E-state index >= 15 is 0 Å². The van der Waals surface area contributed by atoms with Crippen LogP contribution >= 0.6 is 0 Å². The fourth-order valence-electron chi connectivity index (χ4n) is 3.34. The van der Waals surface area contributed by atoms with Crippen molar-refractivity contribution in [3.05, 3.63) is 29.3 Å². The fraction of sp³-hybridized carbons (Fsp3) is 0.600. The van der Waals surface area contributed by atoms with Crippen molar-refractivity contribution in [1.29, 1.82) is 0 Å². The molecule has 2 rings (SSSR count). The predicted molar refractivity (Wildman–Crippen MR) is 107 cm³/mol. The number of esters is 1. The molecule has 1 aromatic carbocycles. The second-order valence-electron chi connectivity index (χ2n) is 7.16. The molecule has 0 atom stereocenters. The van der Waals surface area contributed by atoms with Crippen LogP contribution in [0, 0.1) is 6.92 Å². The fourth-order valence-corrected chi connectivity index (χ4v) is 4.41. The van der Waals surface area contributed by atoms with Crippen LogP contribution in [0.25, 0.3) is 0 Å². The number of hydrogen-bond acceptors (Lipinski definition) is 5. The van der Waals surface area contributed by atoms with E-state index in [1.807, 2.05) is 0 Å². The molecule has 2 N–H and O–H groups in total. The summed E-state index contributed by atoms with van der Waals surface area (Å²) in [5.74, 6) is -1.04. The minimum absolute atomic E-state index is 0.00845. The summed E-state index contributed by atoms with van der Waals surface area (Å²) in [6, 6.07) is 4.39. The molecule has 0 aromatic heterocycles. The van der Waals surface area contributed by atoms with Crippen LogP contribution in [0.15, 0.2) is 23.1 Å². The number of benzene rings is 1. The number of carbonyl (C=O) groups excluding carboxylic acids is 2. The lowest BCUT2D eigenvalue weighted by atomic mass is 9.97. The number of carbonyl (C=O) groups is 2. The summed E-state index contributed by atoms with van der Waals surface area (Å²) < 4.78 is 31.8. The van der Waals surface area contributed by atoms with Crippen molar-refractivity contribution in [2.24, 2.45) is 0 Å². The Morgan fingerprint density at radius 2 is 1.75 bits per heavy atom. The molecule has 0 radical (unpaired) electrons. The maximum atomic E-state index is 12.4. The van der Waals surface area contributed by atoms with Crippen LogP contribution in [-0.4, -0.2) is 39.5 Å². The minimum Gasteiger partial charge on any atom is -0.452 e. The third-order valence-electron chi connectivity index (χ3n) is 4.88. The van der Waals surface area contributed by atoms with Gasteiger partial charge in [-0.2, -0.15) is 0 Å². The standard InChI is InChI=1S/C20H30N2O5S/c1-3-21-28(25,26)17-12-11-15(2)18(13-17)20(24)27-14-19(23)22-16-9-7-5-4-6-8-10-16/h11-13,16,21H,3-10,14H2,1-2H3,(H,22,23). The van der Waals surface area contributed by atoms with Gasteiger partial charge < -0.3 is 10.1 Å². The Labute approximate surface area is 167 Å². The average molecular weight is 411 g/mol. The molecule has 0 bridgehead atoms. The van der Waals surface area contributed by atoms with Gasteiger partial charge in [0.2, 0.25) is 10.0 Å². The second-order valence-corrected chi connectivity index (χ2v) is 8.93. The topological polar surface area (TPSA) is 102 Å². The molecule has 1 aromatic rings. The molecule has 1 amide bonds. The van der Waals surface area contributed by atoms with E-state index in [2.05, 4.69) is 10.0 Å². The van der Waals surface area contributed by atoms with Crippen molar-refractivity contribution in [2.75, 3.05) is 13.2 Å². The lowest BCUT2D eigenvalue weighted by molar-refractivity contribution is -0.125. The SMILES string of the molecule is CCNS(=O)(=O)c1ccc(C)c(C(=O)OCC(=O)NC2CCCCCCC2)c1. The molecule has 1 aliphatic rings. The van der Waals surface area contributed by atoms with Crippen molar-refractivity contribution >= 4 is 21.9 Å². The highest BCUT2D eigenvalue weighted by molar-refractivity contribution is 7.89. The van der Waals surface area contributed by atoms with Crippen molar-refractivity contribution in [1.82, 2.24) is 10.0 Å². The summed E-state index contributed by atoms with van der Waals surface area (Å²) >= 11 is 0. The zero-order valence-electron chi connectivity index (χ0n) is 16.6. The molecular weight excluding hydrogens is 380 g/mol. The highest BCUT2D eigenvalue weighted by atomic mass is 32.2. The van der Waals surface area contributed by atoms with E-state index in [-0.39, 0.29) is 35.6 Å². The number of nitrogens with one attached hydrogen (secondary N) is 2. The molecule has 0 heterocycles. The van der Waals surface area contributed by atoms with E-state index < -0.39 is 16.0 Å². The van der Waals surface area contributed by atoms with Crippen molar-refractivity contribution in [3.63, 3.8) is 0 Å². The van der Waals surface area contributed by atoms with E-state index in [0.29, 0.717) is 5.56 Å². The first-order valence-electron chi connectivity index (χ1n) is 9.90. The summed E-state index contributed by atoms with van der Waals surface area (Å²) in [4.78, 5) is 24.5. The first-order chi connectivity index (χ1) is 13.3. The smallest absolute Gasteiger partial charge is 0.338 e. The maximum absolute atomic E-state index is 12.4. The molecular formula is C20H30N2O5S. The molecule has 28 heavy (non-hydrogen) atoms. The van der Waals surface area contributed by atoms with Gasteiger partial charge in [-0.3, -0.25) is 4.79 Å². The second kappa shape index (κ2) is 10.6. The van der Waals surface area contributed by atoms with Crippen LogP contribution in [0.2, 0.25) is 0 Å². The van der Waals surface area contributed by atoms with Crippen molar-refractivity contribution < 1.29 is 22.7 Å². The first-order valence-corrected chi connectivity index (χ1v) is 11.4. The van der Waals surface area contributed by atoms with Gasteiger partial charge in [0.15, 0.2) is 6.61 Å². The van der Waals surface area contributed by atoms with Gasteiger partial charge in [0.25, 0.3) is 5.91 Å². The van der Waals surface area contributed by atoms with Gasteiger partial charge in [-0.25, -0.2) is 17.9 Å². The van der Waals surface area contributed by atoms with Gasteiger partial charge in [-0.15, -0.1) is 0 Å². The molecule has 1 aliphatic carbocycles. The van der Waals surface area contributed by atoms with E-state index in [9.17, 15) is 18.0 Å². The number of hydrogen-bond donors (Lipinski definition) is 2. The summed E-state index contributed by atoms with van der Waals surface area (Å²) in [6.45, 7) is 3.24. The Bertz CT molecular complexity index is 784. The highest BCUT2D eigenvalue weighted by Crippen LogP contribution is 2.18. The van der Waals surface area contributed by atoms with Crippen molar-refractivity contribution in [3.8, 4) is 0 Å². The van der Waals surface area contributed by atoms with E-state index in [1.165, 1.54) is 31.4 Å².